The van der Waals surface area contributed by atoms with Crippen molar-refractivity contribution < 1.29 is 15.0 Å². The predicted molar refractivity (Wildman–Crippen MR) is 96.1 cm³/mol. The van der Waals surface area contributed by atoms with E-state index >= 15 is 0 Å². The standard InChI is InChI=1S/C20H30N2O3/c21-18(9-8-15-6-7-15)20(25,19(23)24)13-17-12-16(10-11-22-17)3-1-2-14-4-5-14/h10-12,14-15,18,25H,1-9,13,21H2,(H,23,24). The highest BCUT2D eigenvalue weighted by Gasteiger charge is 2.43. The van der Waals surface area contributed by atoms with Gasteiger partial charge in [0, 0.05) is 24.4 Å². The summed E-state index contributed by atoms with van der Waals surface area (Å²) in [6.07, 6.45) is 11.6. The van der Waals surface area contributed by atoms with Gasteiger partial charge in [-0.15, -0.1) is 0 Å². The molecule has 2 saturated carbocycles. The fourth-order valence-electron chi connectivity index (χ4n) is 3.48. The molecule has 2 unspecified atom stereocenters. The first-order valence-corrected chi connectivity index (χ1v) is 9.62. The van der Waals surface area contributed by atoms with Gasteiger partial charge in [-0.05, 0) is 55.2 Å². The fourth-order valence-corrected chi connectivity index (χ4v) is 3.48. The number of pyridine rings is 1. The Morgan fingerprint density at radius 3 is 2.60 bits per heavy atom. The smallest absolute Gasteiger partial charge is 0.337 e. The molecule has 138 valence electrons. The Morgan fingerprint density at radius 2 is 1.96 bits per heavy atom. The van der Waals surface area contributed by atoms with Gasteiger partial charge in [0.1, 0.15) is 0 Å². The molecule has 0 bridgehead atoms. The van der Waals surface area contributed by atoms with Gasteiger partial charge < -0.3 is 15.9 Å². The third kappa shape index (κ3) is 5.25. The molecular weight excluding hydrogens is 316 g/mol. The molecule has 1 aromatic heterocycles. The Bertz CT molecular complexity index is 598. The average Bonchev–Trinajstić information content (AvgIpc) is 3.47. The Morgan fingerprint density at radius 1 is 1.28 bits per heavy atom. The molecule has 0 radical (unpaired) electrons. The minimum atomic E-state index is -1.95. The lowest BCUT2D eigenvalue weighted by Crippen LogP contribution is -2.55. The maximum Gasteiger partial charge on any atom is 0.337 e. The molecule has 2 fully saturated rings. The molecule has 0 spiro atoms. The minimum Gasteiger partial charge on any atom is -0.479 e. The van der Waals surface area contributed by atoms with Crippen molar-refractivity contribution in [2.45, 2.75) is 75.9 Å². The van der Waals surface area contributed by atoms with Crippen LogP contribution in [0.3, 0.4) is 0 Å². The molecule has 1 aromatic rings. The zero-order chi connectivity index (χ0) is 17.9. The van der Waals surface area contributed by atoms with Crippen molar-refractivity contribution in [1.29, 1.82) is 0 Å². The van der Waals surface area contributed by atoms with Crippen LogP contribution in [-0.4, -0.2) is 32.8 Å². The SMILES string of the molecule is NC(CCC1CC1)C(O)(Cc1cc(CCCC2CC2)ccn1)C(=O)O. The van der Waals surface area contributed by atoms with E-state index in [4.69, 9.17) is 5.73 Å². The van der Waals surface area contributed by atoms with Crippen LogP contribution in [0.25, 0.3) is 0 Å². The molecule has 5 nitrogen and oxygen atoms in total. The van der Waals surface area contributed by atoms with Crippen molar-refractivity contribution in [1.82, 2.24) is 4.98 Å². The average molecular weight is 346 g/mol. The molecule has 1 heterocycles. The summed E-state index contributed by atoms with van der Waals surface area (Å²) in [7, 11) is 0. The summed E-state index contributed by atoms with van der Waals surface area (Å²) in [6, 6.07) is 3.13. The number of hydrogen-bond acceptors (Lipinski definition) is 4. The Hall–Kier alpha value is -1.46. The summed E-state index contributed by atoms with van der Waals surface area (Å²) in [4.78, 5) is 16.0. The number of rotatable bonds is 11. The summed E-state index contributed by atoms with van der Waals surface area (Å²) in [5, 5.41) is 20.3. The van der Waals surface area contributed by atoms with Crippen LogP contribution < -0.4 is 5.73 Å². The summed E-state index contributed by atoms with van der Waals surface area (Å²) in [5.41, 5.74) is 5.89. The van der Waals surface area contributed by atoms with Gasteiger partial charge in [-0.3, -0.25) is 4.98 Å². The highest BCUT2D eigenvalue weighted by molar-refractivity contribution is 5.78. The van der Waals surface area contributed by atoms with Gasteiger partial charge in [0.25, 0.3) is 0 Å². The van der Waals surface area contributed by atoms with E-state index in [1.807, 2.05) is 12.1 Å². The number of nitrogens with two attached hydrogens (primary N) is 1. The Kier molecular flexibility index (Phi) is 5.74. The van der Waals surface area contributed by atoms with Crippen molar-refractivity contribution in [3.05, 3.63) is 29.6 Å². The normalized spacial score (nSPS) is 20.9. The number of nitrogens with zero attached hydrogens (tertiary/aromatic N) is 1. The molecule has 0 aliphatic heterocycles. The van der Waals surface area contributed by atoms with Crippen molar-refractivity contribution in [3.63, 3.8) is 0 Å². The summed E-state index contributed by atoms with van der Waals surface area (Å²) in [5.74, 6) is 0.330. The molecule has 0 saturated heterocycles. The van der Waals surface area contributed by atoms with Crippen LogP contribution in [0.4, 0.5) is 0 Å². The zero-order valence-corrected chi connectivity index (χ0v) is 14.9. The van der Waals surface area contributed by atoms with Crippen LogP contribution in [0, 0.1) is 11.8 Å². The van der Waals surface area contributed by atoms with Crippen molar-refractivity contribution in [2.75, 3.05) is 0 Å². The van der Waals surface area contributed by atoms with E-state index in [9.17, 15) is 15.0 Å². The predicted octanol–water partition coefficient (Wildman–Crippen LogP) is 2.69. The summed E-state index contributed by atoms with van der Waals surface area (Å²) < 4.78 is 0. The largest absolute Gasteiger partial charge is 0.479 e. The maximum atomic E-state index is 11.7. The lowest BCUT2D eigenvalue weighted by Gasteiger charge is -2.29. The van der Waals surface area contributed by atoms with Gasteiger partial charge in [-0.1, -0.05) is 32.1 Å². The number of carboxylic acid groups (broad SMARTS) is 1. The quantitative estimate of drug-likeness (QED) is 0.572. The fraction of sp³-hybridized carbons (Fsp3) is 0.700. The lowest BCUT2D eigenvalue weighted by molar-refractivity contribution is -0.161. The van der Waals surface area contributed by atoms with Crippen LogP contribution in [0.1, 0.15) is 62.6 Å². The van der Waals surface area contributed by atoms with E-state index in [1.165, 1.54) is 32.1 Å². The highest BCUT2D eigenvalue weighted by Crippen LogP contribution is 2.35. The molecule has 0 aromatic carbocycles. The molecular formula is C20H30N2O3. The molecule has 2 aliphatic carbocycles. The first kappa shape index (κ1) is 18.3. The molecule has 2 aliphatic rings. The zero-order valence-electron chi connectivity index (χ0n) is 14.9. The molecule has 3 rings (SSSR count). The van der Waals surface area contributed by atoms with Crippen LogP contribution in [-0.2, 0) is 17.6 Å². The molecule has 2 atom stereocenters. The summed E-state index contributed by atoms with van der Waals surface area (Å²) >= 11 is 0. The van der Waals surface area contributed by atoms with Crippen LogP contribution >= 0.6 is 0 Å². The van der Waals surface area contributed by atoms with Crippen molar-refractivity contribution >= 4 is 5.97 Å². The van der Waals surface area contributed by atoms with Gasteiger partial charge >= 0.3 is 5.97 Å². The number of aliphatic carboxylic acids is 1. The molecule has 25 heavy (non-hydrogen) atoms. The van der Waals surface area contributed by atoms with Crippen LogP contribution in [0.2, 0.25) is 0 Å². The Labute approximate surface area is 149 Å². The molecule has 0 amide bonds. The van der Waals surface area contributed by atoms with Crippen molar-refractivity contribution in [3.8, 4) is 0 Å². The van der Waals surface area contributed by atoms with Gasteiger partial charge in [-0.2, -0.15) is 0 Å². The second-order valence-electron chi connectivity index (χ2n) is 8.02. The second kappa shape index (κ2) is 7.83. The first-order chi connectivity index (χ1) is 12.0. The third-order valence-corrected chi connectivity index (χ3v) is 5.67. The van der Waals surface area contributed by atoms with E-state index in [0.717, 1.165) is 30.7 Å². The number of carboxylic acids is 1. The number of carbonyl (C=O) groups is 1. The van der Waals surface area contributed by atoms with Crippen LogP contribution in [0.5, 0.6) is 0 Å². The molecule has 5 heteroatoms. The topological polar surface area (TPSA) is 96.4 Å². The third-order valence-electron chi connectivity index (χ3n) is 5.67. The van der Waals surface area contributed by atoms with E-state index in [2.05, 4.69) is 4.98 Å². The lowest BCUT2D eigenvalue weighted by atomic mass is 9.86. The van der Waals surface area contributed by atoms with E-state index in [-0.39, 0.29) is 6.42 Å². The van der Waals surface area contributed by atoms with E-state index in [0.29, 0.717) is 18.0 Å². The van der Waals surface area contributed by atoms with Gasteiger partial charge in [0.05, 0.1) is 0 Å². The number of hydrogen-bond donors (Lipinski definition) is 3. The highest BCUT2D eigenvalue weighted by atomic mass is 16.4. The minimum absolute atomic E-state index is 0.0371. The summed E-state index contributed by atoms with van der Waals surface area (Å²) in [6.45, 7) is 0. The number of aryl methyl sites for hydroxylation is 1. The van der Waals surface area contributed by atoms with Gasteiger partial charge in [0.2, 0.25) is 0 Å². The van der Waals surface area contributed by atoms with Gasteiger partial charge in [0.15, 0.2) is 5.60 Å². The van der Waals surface area contributed by atoms with E-state index < -0.39 is 17.6 Å². The number of aromatic nitrogens is 1. The first-order valence-electron chi connectivity index (χ1n) is 9.62. The van der Waals surface area contributed by atoms with Crippen LogP contribution in [0.15, 0.2) is 18.3 Å². The maximum absolute atomic E-state index is 11.7. The van der Waals surface area contributed by atoms with Gasteiger partial charge in [-0.25, -0.2) is 4.79 Å². The second-order valence-corrected chi connectivity index (χ2v) is 8.02. The van der Waals surface area contributed by atoms with Crippen molar-refractivity contribution in [2.24, 2.45) is 17.6 Å². The Balaban J connectivity index is 1.60. The molecule has 4 N–H and O–H groups in total. The number of aliphatic hydroxyl groups is 1. The monoisotopic (exact) mass is 346 g/mol. The van der Waals surface area contributed by atoms with E-state index in [1.54, 1.807) is 6.20 Å².